The van der Waals surface area contributed by atoms with E-state index >= 15 is 0 Å². The van der Waals surface area contributed by atoms with Gasteiger partial charge in [-0.2, -0.15) is 0 Å². The minimum Gasteiger partial charge on any atom is -0.392 e. The Balaban J connectivity index is 1.97. The van der Waals surface area contributed by atoms with Crippen LogP contribution < -0.4 is 5.73 Å². The molecule has 1 saturated heterocycles. The van der Waals surface area contributed by atoms with Crippen LogP contribution in [0.15, 0.2) is 11.2 Å². The molecule has 2 aliphatic rings. The van der Waals surface area contributed by atoms with Gasteiger partial charge in [-0.25, -0.2) is 0 Å². The van der Waals surface area contributed by atoms with E-state index in [1.807, 2.05) is 11.8 Å². The maximum Gasteiger partial charge on any atom is 0.128 e. The molecule has 0 amide bonds. The molecule has 1 unspecified atom stereocenters. The molecular formula is C10H19N3S2. The summed E-state index contributed by atoms with van der Waals surface area (Å²) in [6.45, 7) is 2.42. The van der Waals surface area contributed by atoms with Crippen LogP contribution in [-0.2, 0) is 0 Å². The highest BCUT2D eigenvalue weighted by Crippen LogP contribution is 2.38. The molecule has 0 saturated carbocycles. The molecule has 15 heavy (non-hydrogen) atoms. The van der Waals surface area contributed by atoms with E-state index in [1.165, 1.54) is 25.9 Å². The first-order valence-corrected chi connectivity index (χ1v) is 7.50. The van der Waals surface area contributed by atoms with Gasteiger partial charge in [0.25, 0.3) is 0 Å². The van der Waals surface area contributed by atoms with Crippen molar-refractivity contribution in [3.05, 3.63) is 11.2 Å². The number of likely N-dealkylation sites (tertiary alicyclic amines) is 1. The van der Waals surface area contributed by atoms with Crippen molar-refractivity contribution in [2.75, 3.05) is 26.4 Å². The lowest BCUT2D eigenvalue weighted by atomic mass is 10.0. The van der Waals surface area contributed by atoms with Crippen molar-refractivity contribution in [3.8, 4) is 0 Å². The first kappa shape index (κ1) is 11.5. The van der Waals surface area contributed by atoms with E-state index in [4.69, 9.17) is 5.73 Å². The highest BCUT2D eigenvalue weighted by Gasteiger charge is 2.30. The molecule has 5 heteroatoms. The predicted molar refractivity (Wildman–Crippen MR) is 69.5 cm³/mol. The molecule has 0 aromatic heterocycles. The SMILES string of the molecule is CSC1SC(N)=CN1C1CCN(C)CC1. The molecule has 0 bridgehead atoms. The summed E-state index contributed by atoms with van der Waals surface area (Å²) in [7, 11) is 2.20. The quantitative estimate of drug-likeness (QED) is 0.798. The molecule has 0 aromatic carbocycles. The average Bonchev–Trinajstić information content (AvgIpc) is 2.61. The van der Waals surface area contributed by atoms with Crippen LogP contribution in [0.4, 0.5) is 0 Å². The van der Waals surface area contributed by atoms with Gasteiger partial charge in [0.05, 0.1) is 5.03 Å². The summed E-state index contributed by atoms with van der Waals surface area (Å²) in [5.41, 5.74) is 5.88. The van der Waals surface area contributed by atoms with Crippen molar-refractivity contribution in [3.63, 3.8) is 0 Å². The van der Waals surface area contributed by atoms with E-state index in [0.717, 1.165) is 5.03 Å². The lowest BCUT2D eigenvalue weighted by Gasteiger charge is -2.37. The molecule has 0 aliphatic carbocycles. The van der Waals surface area contributed by atoms with Gasteiger partial charge in [0.2, 0.25) is 0 Å². The van der Waals surface area contributed by atoms with Gasteiger partial charge in [0, 0.05) is 12.2 Å². The summed E-state index contributed by atoms with van der Waals surface area (Å²) in [4.78, 5) is 4.86. The maximum absolute atomic E-state index is 5.88. The lowest BCUT2D eigenvalue weighted by molar-refractivity contribution is 0.171. The minimum absolute atomic E-state index is 0.499. The van der Waals surface area contributed by atoms with Crippen molar-refractivity contribution in [2.24, 2.45) is 5.73 Å². The summed E-state index contributed by atoms with van der Waals surface area (Å²) in [5.74, 6) is 0. The molecule has 0 radical (unpaired) electrons. The number of hydrogen-bond acceptors (Lipinski definition) is 5. The van der Waals surface area contributed by atoms with Crippen molar-refractivity contribution in [1.29, 1.82) is 0 Å². The van der Waals surface area contributed by atoms with Gasteiger partial charge in [0.1, 0.15) is 4.71 Å². The minimum atomic E-state index is 0.499. The third-order valence-corrected chi connectivity index (χ3v) is 5.40. The predicted octanol–water partition coefficient (Wildman–Crippen LogP) is 1.53. The molecule has 2 N–H and O–H groups in total. The third-order valence-electron chi connectivity index (χ3n) is 3.07. The lowest BCUT2D eigenvalue weighted by Crippen LogP contribution is -2.42. The molecule has 1 atom stereocenters. The van der Waals surface area contributed by atoms with E-state index in [9.17, 15) is 0 Å². The summed E-state index contributed by atoms with van der Waals surface area (Å²) < 4.78 is 0.499. The van der Waals surface area contributed by atoms with E-state index in [0.29, 0.717) is 10.7 Å². The number of thioether (sulfide) groups is 2. The molecule has 0 aromatic rings. The van der Waals surface area contributed by atoms with Gasteiger partial charge in [-0.15, -0.1) is 11.8 Å². The van der Waals surface area contributed by atoms with Crippen molar-refractivity contribution >= 4 is 23.5 Å². The van der Waals surface area contributed by atoms with Crippen LogP contribution in [0.1, 0.15) is 12.8 Å². The fourth-order valence-corrected chi connectivity index (χ4v) is 4.12. The summed E-state index contributed by atoms with van der Waals surface area (Å²) in [6, 6.07) is 0.687. The Kier molecular flexibility index (Phi) is 3.74. The zero-order chi connectivity index (χ0) is 10.8. The van der Waals surface area contributed by atoms with Gasteiger partial charge in [-0.1, -0.05) is 11.8 Å². The van der Waals surface area contributed by atoms with Crippen LogP contribution in [0.2, 0.25) is 0 Å². The fraction of sp³-hybridized carbons (Fsp3) is 0.800. The monoisotopic (exact) mass is 245 g/mol. The number of nitrogens with two attached hydrogens (primary N) is 1. The Morgan fingerprint density at radius 2 is 2.13 bits per heavy atom. The van der Waals surface area contributed by atoms with E-state index in [-0.39, 0.29) is 0 Å². The van der Waals surface area contributed by atoms with Crippen molar-refractivity contribution in [1.82, 2.24) is 9.80 Å². The molecule has 86 valence electrons. The Morgan fingerprint density at radius 3 is 2.73 bits per heavy atom. The van der Waals surface area contributed by atoms with Crippen LogP contribution in [0.25, 0.3) is 0 Å². The molecule has 2 heterocycles. The molecular weight excluding hydrogens is 226 g/mol. The molecule has 0 spiro atoms. The van der Waals surface area contributed by atoms with Gasteiger partial charge in [-0.05, 0) is 39.2 Å². The zero-order valence-corrected chi connectivity index (χ0v) is 11.0. The summed E-state index contributed by atoms with van der Waals surface area (Å²) >= 11 is 3.66. The van der Waals surface area contributed by atoms with Crippen LogP contribution in [0.3, 0.4) is 0 Å². The number of piperidine rings is 1. The second kappa shape index (κ2) is 4.89. The number of rotatable bonds is 2. The van der Waals surface area contributed by atoms with E-state index in [2.05, 4.69) is 29.3 Å². The van der Waals surface area contributed by atoms with Gasteiger partial charge < -0.3 is 15.5 Å². The third kappa shape index (κ3) is 2.57. The van der Waals surface area contributed by atoms with Crippen LogP contribution in [0.5, 0.6) is 0 Å². The van der Waals surface area contributed by atoms with Crippen LogP contribution >= 0.6 is 23.5 Å². The zero-order valence-electron chi connectivity index (χ0n) is 9.35. The highest BCUT2D eigenvalue weighted by molar-refractivity contribution is 8.18. The summed E-state index contributed by atoms with van der Waals surface area (Å²) in [6.07, 6.45) is 6.82. The Morgan fingerprint density at radius 1 is 1.47 bits per heavy atom. The van der Waals surface area contributed by atoms with Crippen molar-refractivity contribution in [2.45, 2.75) is 23.6 Å². The largest absolute Gasteiger partial charge is 0.392 e. The first-order valence-electron chi connectivity index (χ1n) is 5.33. The maximum atomic E-state index is 5.88. The molecule has 2 aliphatic heterocycles. The first-order chi connectivity index (χ1) is 7.20. The topological polar surface area (TPSA) is 32.5 Å². The van der Waals surface area contributed by atoms with Crippen molar-refractivity contribution < 1.29 is 0 Å². The molecule has 3 nitrogen and oxygen atoms in total. The fourth-order valence-electron chi connectivity index (χ4n) is 2.16. The Labute approximate surface area is 100 Å². The Hall–Kier alpha value is -0.0000000000000000763. The van der Waals surface area contributed by atoms with E-state index in [1.54, 1.807) is 11.8 Å². The van der Waals surface area contributed by atoms with Gasteiger partial charge >= 0.3 is 0 Å². The number of nitrogens with zero attached hydrogens (tertiary/aromatic N) is 2. The second-order valence-electron chi connectivity index (χ2n) is 4.17. The second-order valence-corrected chi connectivity index (χ2v) is 6.54. The van der Waals surface area contributed by atoms with E-state index < -0.39 is 0 Å². The normalized spacial score (nSPS) is 29.6. The summed E-state index contributed by atoms with van der Waals surface area (Å²) in [5, 5.41) is 0.966. The van der Waals surface area contributed by atoms with Crippen LogP contribution in [0, 0.1) is 0 Å². The van der Waals surface area contributed by atoms with Gasteiger partial charge in [0.15, 0.2) is 0 Å². The molecule has 1 fully saturated rings. The van der Waals surface area contributed by atoms with Crippen LogP contribution in [-0.4, -0.2) is 46.9 Å². The smallest absolute Gasteiger partial charge is 0.128 e. The Bertz CT molecular complexity index is 249. The average molecular weight is 245 g/mol. The van der Waals surface area contributed by atoms with Gasteiger partial charge in [-0.3, -0.25) is 0 Å². The molecule has 2 rings (SSSR count). The number of hydrogen-bond donors (Lipinski definition) is 1. The highest BCUT2D eigenvalue weighted by atomic mass is 32.2. The standard InChI is InChI=1S/C10H19N3S2/c1-12-5-3-8(4-6-12)13-7-9(11)15-10(13)14-2/h7-8,10H,3-6,11H2,1-2H3.